The zero-order valence-corrected chi connectivity index (χ0v) is 19.5. The van der Waals surface area contributed by atoms with Gasteiger partial charge in [-0.2, -0.15) is 0 Å². The van der Waals surface area contributed by atoms with E-state index in [1.54, 1.807) is 34.1 Å². The number of halogens is 1. The minimum Gasteiger partial charge on any atom is -0.497 e. The Labute approximate surface area is 203 Å². The van der Waals surface area contributed by atoms with Gasteiger partial charge in [0.15, 0.2) is 0 Å². The lowest BCUT2D eigenvalue weighted by Crippen LogP contribution is -2.60. The molecule has 2 heterocycles. The summed E-state index contributed by atoms with van der Waals surface area (Å²) in [6.45, 7) is 0.782. The molecule has 1 spiro atoms. The summed E-state index contributed by atoms with van der Waals surface area (Å²) in [4.78, 5) is 43.0. The molecule has 0 bridgehead atoms. The van der Waals surface area contributed by atoms with E-state index in [0.29, 0.717) is 42.8 Å². The Morgan fingerprint density at radius 2 is 1.74 bits per heavy atom. The second-order valence-corrected chi connectivity index (χ2v) is 9.26. The molecule has 5 rings (SSSR count). The Morgan fingerprint density at radius 1 is 1.03 bits per heavy atom. The van der Waals surface area contributed by atoms with E-state index in [2.05, 4.69) is 5.32 Å². The van der Waals surface area contributed by atoms with E-state index in [-0.39, 0.29) is 30.4 Å². The number of ether oxygens (including phenoxy) is 2. The van der Waals surface area contributed by atoms with E-state index in [9.17, 15) is 18.8 Å². The molecule has 3 aliphatic rings. The van der Waals surface area contributed by atoms with Crippen LogP contribution in [0.25, 0.3) is 0 Å². The Morgan fingerprint density at radius 3 is 2.40 bits per heavy atom. The van der Waals surface area contributed by atoms with Crippen LogP contribution in [0.15, 0.2) is 48.5 Å². The number of methoxy groups -OCH3 is 1. The summed E-state index contributed by atoms with van der Waals surface area (Å²) in [7, 11) is 1.53. The quantitative estimate of drug-likeness (QED) is 0.709. The number of carbonyl (C=O) groups is 3. The van der Waals surface area contributed by atoms with Crippen molar-refractivity contribution < 1.29 is 28.2 Å². The van der Waals surface area contributed by atoms with Crippen LogP contribution in [0.3, 0.4) is 0 Å². The van der Waals surface area contributed by atoms with Crippen molar-refractivity contribution in [2.45, 2.75) is 43.5 Å². The van der Waals surface area contributed by atoms with Crippen molar-refractivity contribution in [2.75, 3.05) is 26.8 Å². The fraction of sp³-hybridized carbons (Fsp3) is 0.423. The normalized spacial score (nSPS) is 21.1. The highest BCUT2D eigenvalue weighted by Gasteiger charge is 2.54. The Hall–Kier alpha value is -3.46. The molecule has 2 aromatic rings. The van der Waals surface area contributed by atoms with Gasteiger partial charge in [-0.1, -0.05) is 6.07 Å². The Kier molecular flexibility index (Phi) is 6.19. The van der Waals surface area contributed by atoms with E-state index in [0.717, 1.165) is 12.8 Å². The van der Waals surface area contributed by atoms with Crippen molar-refractivity contribution in [3.63, 3.8) is 0 Å². The fourth-order valence-corrected chi connectivity index (χ4v) is 4.82. The van der Waals surface area contributed by atoms with Crippen molar-refractivity contribution in [1.82, 2.24) is 15.1 Å². The van der Waals surface area contributed by atoms with Gasteiger partial charge in [-0.05, 0) is 55.3 Å². The fourth-order valence-electron chi connectivity index (χ4n) is 4.82. The van der Waals surface area contributed by atoms with Gasteiger partial charge in [-0.3, -0.25) is 19.3 Å². The summed E-state index contributed by atoms with van der Waals surface area (Å²) in [5, 5.41) is 3.00. The average Bonchev–Trinajstić information content (AvgIpc) is 3.63. The topological polar surface area (TPSA) is 88.2 Å². The number of hydrogen-bond donors (Lipinski definition) is 1. The zero-order chi connectivity index (χ0) is 24.6. The number of hydrogen-bond acceptors (Lipinski definition) is 5. The highest BCUT2D eigenvalue weighted by Crippen LogP contribution is 2.39. The van der Waals surface area contributed by atoms with Crippen molar-refractivity contribution in [2.24, 2.45) is 0 Å². The molecule has 2 aromatic carbocycles. The van der Waals surface area contributed by atoms with E-state index in [4.69, 9.17) is 9.47 Å². The maximum atomic E-state index is 13.8. The molecule has 2 saturated heterocycles. The summed E-state index contributed by atoms with van der Waals surface area (Å²) in [6, 6.07) is 11.7. The van der Waals surface area contributed by atoms with Crippen LogP contribution in [-0.4, -0.2) is 72.1 Å². The summed E-state index contributed by atoms with van der Waals surface area (Å²) in [5.74, 6) is -0.586. The van der Waals surface area contributed by atoms with E-state index >= 15 is 0 Å². The summed E-state index contributed by atoms with van der Waals surface area (Å²) >= 11 is 0. The van der Waals surface area contributed by atoms with E-state index in [1.165, 1.54) is 31.4 Å². The van der Waals surface area contributed by atoms with Gasteiger partial charge in [0.2, 0.25) is 5.91 Å². The molecule has 3 fully saturated rings. The van der Waals surface area contributed by atoms with Gasteiger partial charge in [0, 0.05) is 43.1 Å². The SMILES string of the molecule is COc1cccc(C(=O)N2[C@@H](C(=O)NC3CC3)COC23CCN(C(=O)c2ccc(F)cc2)CC3)c1. The molecule has 184 valence electrons. The predicted octanol–water partition coefficient (Wildman–Crippen LogP) is 2.59. The van der Waals surface area contributed by atoms with Gasteiger partial charge < -0.3 is 19.7 Å². The highest BCUT2D eigenvalue weighted by molar-refractivity contribution is 5.99. The summed E-state index contributed by atoms with van der Waals surface area (Å²) < 4.78 is 24.7. The van der Waals surface area contributed by atoms with Crippen LogP contribution < -0.4 is 10.1 Å². The molecule has 0 aromatic heterocycles. The molecule has 8 nitrogen and oxygen atoms in total. The van der Waals surface area contributed by atoms with Crippen LogP contribution in [0.2, 0.25) is 0 Å². The smallest absolute Gasteiger partial charge is 0.257 e. The Bertz CT molecular complexity index is 1130. The third-order valence-electron chi connectivity index (χ3n) is 6.95. The number of nitrogens with zero attached hydrogens (tertiary/aromatic N) is 2. The average molecular weight is 482 g/mol. The second kappa shape index (κ2) is 9.30. The number of carbonyl (C=O) groups excluding carboxylic acids is 3. The zero-order valence-electron chi connectivity index (χ0n) is 19.5. The number of likely N-dealkylation sites (tertiary alicyclic amines) is 1. The highest BCUT2D eigenvalue weighted by atomic mass is 19.1. The lowest BCUT2D eigenvalue weighted by atomic mass is 9.96. The molecule has 1 saturated carbocycles. The molecule has 3 amide bonds. The maximum absolute atomic E-state index is 13.8. The lowest BCUT2D eigenvalue weighted by Gasteiger charge is -2.44. The van der Waals surface area contributed by atoms with Crippen molar-refractivity contribution in [3.05, 3.63) is 65.5 Å². The number of rotatable bonds is 5. The third kappa shape index (κ3) is 4.60. The first kappa shape index (κ1) is 23.3. The first-order chi connectivity index (χ1) is 16.9. The predicted molar refractivity (Wildman–Crippen MR) is 124 cm³/mol. The van der Waals surface area contributed by atoms with E-state index in [1.807, 2.05) is 0 Å². The Balaban J connectivity index is 1.38. The molecule has 1 N–H and O–H groups in total. The van der Waals surface area contributed by atoms with Crippen molar-refractivity contribution in [3.8, 4) is 5.75 Å². The number of nitrogens with one attached hydrogen (secondary N) is 1. The van der Waals surface area contributed by atoms with Gasteiger partial charge in [0.1, 0.15) is 23.3 Å². The van der Waals surface area contributed by atoms with Crippen LogP contribution in [0.5, 0.6) is 5.75 Å². The minimum absolute atomic E-state index is 0.0974. The second-order valence-electron chi connectivity index (χ2n) is 9.26. The van der Waals surface area contributed by atoms with Gasteiger partial charge in [-0.25, -0.2) is 4.39 Å². The van der Waals surface area contributed by atoms with Crippen LogP contribution in [-0.2, 0) is 9.53 Å². The number of piperidine rings is 1. The lowest BCUT2D eigenvalue weighted by molar-refractivity contribution is -0.128. The van der Waals surface area contributed by atoms with Crippen molar-refractivity contribution in [1.29, 1.82) is 0 Å². The van der Waals surface area contributed by atoms with Crippen LogP contribution in [0.4, 0.5) is 4.39 Å². The van der Waals surface area contributed by atoms with Gasteiger partial charge in [0.05, 0.1) is 13.7 Å². The first-order valence-electron chi connectivity index (χ1n) is 11.9. The summed E-state index contributed by atoms with van der Waals surface area (Å²) in [5.41, 5.74) is -0.186. The van der Waals surface area contributed by atoms with E-state index < -0.39 is 17.6 Å². The molecule has 35 heavy (non-hydrogen) atoms. The van der Waals surface area contributed by atoms with Crippen LogP contribution >= 0.6 is 0 Å². The van der Waals surface area contributed by atoms with Gasteiger partial charge in [-0.15, -0.1) is 0 Å². The van der Waals surface area contributed by atoms with Gasteiger partial charge >= 0.3 is 0 Å². The molecular formula is C26H28FN3O5. The molecule has 1 aliphatic carbocycles. The van der Waals surface area contributed by atoms with Crippen molar-refractivity contribution >= 4 is 17.7 Å². The van der Waals surface area contributed by atoms with Crippen LogP contribution in [0.1, 0.15) is 46.4 Å². The standard InChI is InChI=1S/C26H28FN3O5/c1-34-21-4-2-3-18(15-21)25(33)30-22(23(31)28-20-9-10-20)16-35-26(30)11-13-29(14-12-26)24(32)17-5-7-19(27)8-6-17/h2-8,15,20,22H,9-14,16H2,1H3,(H,28,31)/t22-/m1/s1. The summed E-state index contributed by atoms with van der Waals surface area (Å²) in [6.07, 6.45) is 2.61. The molecule has 9 heteroatoms. The monoisotopic (exact) mass is 481 g/mol. The molecule has 0 radical (unpaired) electrons. The largest absolute Gasteiger partial charge is 0.497 e. The molecule has 0 unspecified atom stereocenters. The first-order valence-corrected chi connectivity index (χ1v) is 11.9. The number of amides is 3. The minimum atomic E-state index is -0.995. The van der Waals surface area contributed by atoms with Gasteiger partial charge in [0.25, 0.3) is 11.8 Å². The number of benzene rings is 2. The third-order valence-corrected chi connectivity index (χ3v) is 6.95. The molecule has 1 atom stereocenters. The molecule has 2 aliphatic heterocycles. The molecular weight excluding hydrogens is 453 g/mol. The van der Waals surface area contributed by atoms with Crippen LogP contribution in [0, 0.1) is 5.82 Å². The maximum Gasteiger partial charge on any atom is 0.257 e.